The Morgan fingerprint density at radius 2 is 0.570 bits per heavy atom. The third-order valence-corrected chi connectivity index (χ3v) is 16.2. The maximum absolute atomic E-state index is 12.9. The van der Waals surface area contributed by atoms with Gasteiger partial charge in [0.05, 0.1) is 26.4 Å². The lowest BCUT2D eigenvalue weighted by atomic mass is 10.1. The lowest BCUT2D eigenvalue weighted by Gasteiger charge is -2.21. The Bertz CT molecular complexity index is 2230. The molecule has 0 aromatic heterocycles. The third-order valence-electron chi connectivity index (χ3n) is 14.3. The first-order valence-electron chi connectivity index (χ1n) is 35.5. The summed E-state index contributed by atoms with van der Waals surface area (Å²) in [5, 5.41) is 20.6. The number of rotatable bonds is 66. The lowest BCUT2D eigenvalue weighted by molar-refractivity contribution is -0.161. The highest BCUT2D eigenvalue weighted by Crippen LogP contribution is 2.45. The van der Waals surface area contributed by atoms with E-state index in [2.05, 4.69) is 154 Å². The van der Waals surface area contributed by atoms with Crippen molar-refractivity contribution in [3.8, 4) is 0 Å². The fourth-order valence-corrected chi connectivity index (χ4v) is 10.6. The smallest absolute Gasteiger partial charge is 0.463 e. The lowest BCUT2D eigenvalue weighted by Crippen LogP contribution is -2.30. The molecule has 16 nitrogen and oxygen atoms in total. The maximum atomic E-state index is 12.9. The summed E-state index contributed by atoms with van der Waals surface area (Å²) in [6.45, 7) is 2.37. The average molecular weight is 1350 g/mol. The van der Waals surface area contributed by atoms with Gasteiger partial charge in [0.2, 0.25) is 0 Å². The second kappa shape index (κ2) is 67.7. The van der Waals surface area contributed by atoms with Crippen LogP contribution in [0.2, 0.25) is 0 Å². The van der Waals surface area contributed by atoms with Crippen LogP contribution >= 0.6 is 15.6 Å². The van der Waals surface area contributed by atoms with Crippen molar-refractivity contribution < 1.29 is 75.8 Å². The van der Waals surface area contributed by atoms with Crippen molar-refractivity contribution in [2.24, 2.45) is 0 Å². The molecule has 0 aromatic rings. The molecule has 0 heterocycles. The predicted molar refractivity (Wildman–Crippen MR) is 380 cm³/mol. The molecular weight excluding hydrogens is 1220 g/mol. The van der Waals surface area contributed by atoms with E-state index in [4.69, 9.17) is 32.3 Å². The van der Waals surface area contributed by atoms with Crippen LogP contribution in [0.3, 0.4) is 0 Å². The summed E-state index contributed by atoms with van der Waals surface area (Å²) in [6.07, 6.45) is 79.2. The van der Waals surface area contributed by atoms with E-state index < -0.39 is 91.5 Å². The Morgan fingerprint density at radius 3 is 0.914 bits per heavy atom. The van der Waals surface area contributed by atoms with Crippen LogP contribution in [0.25, 0.3) is 0 Å². The SMILES string of the molecule is CC/C=C\C/C=C\C/C=C\C/C=C\C/C=C\C/C=C\CCCCCCC(=O)OCC(O)COP(=O)(O)OCC(O)COP(=O)(O)OCC(COC(=O)CCCCCCCC/C=C\C/C=C\C/C=C\C/C=C\CC)OC(=O)CCCCCCC/C=C\CCCCCCCC. The first-order chi connectivity index (χ1) is 45.2. The molecule has 18 heteroatoms. The number of carbonyl (C=O) groups is 3. The zero-order valence-corrected chi connectivity index (χ0v) is 59.4. The van der Waals surface area contributed by atoms with Crippen molar-refractivity contribution in [3.63, 3.8) is 0 Å². The van der Waals surface area contributed by atoms with Crippen LogP contribution in [0.5, 0.6) is 0 Å². The van der Waals surface area contributed by atoms with Gasteiger partial charge in [-0.2, -0.15) is 0 Å². The van der Waals surface area contributed by atoms with Crippen molar-refractivity contribution in [2.45, 2.75) is 283 Å². The Hall–Kier alpha value is -4.31. The van der Waals surface area contributed by atoms with E-state index in [9.17, 15) is 43.5 Å². The van der Waals surface area contributed by atoms with Crippen LogP contribution in [0.4, 0.5) is 0 Å². The molecule has 93 heavy (non-hydrogen) atoms. The van der Waals surface area contributed by atoms with Crippen molar-refractivity contribution in [1.29, 1.82) is 0 Å². The fraction of sp³-hybridized carbons (Fsp3) is 0.667. The molecule has 0 saturated carbocycles. The maximum Gasteiger partial charge on any atom is 0.472 e. The summed E-state index contributed by atoms with van der Waals surface area (Å²) in [5.74, 6) is -1.63. The van der Waals surface area contributed by atoms with Gasteiger partial charge in [-0.15, -0.1) is 0 Å². The second-order valence-corrected chi connectivity index (χ2v) is 26.2. The number of esters is 3. The highest BCUT2D eigenvalue weighted by molar-refractivity contribution is 7.47. The normalized spacial score (nSPS) is 15.0. The van der Waals surface area contributed by atoms with E-state index in [0.29, 0.717) is 19.3 Å². The number of hydrogen-bond donors (Lipinski definition) is 4. The number of phosphoric acid groups is 2. The molecule has 0 fully saturated rings. The molecule has 4 N–H and O–H groups in total. The fourth-order valence-electron chi connectivity index (χ4n) is 8.97. The van der Waals surface area contributed by atoms with E-state index >= 15 is 0 Å². The average Bonchev–Trinajstić information content (AvgIpc) is 3.74. The van der Waals surface area contributed by atoms with Crippen molar-refractivity contribution in [1.82, 2.24) is 0 Å². The van der Waals surface area contributed by atoms with Crippen LogP contribution < -0.4 is 0 Å². The molecule has 0 aliphatic heterocycles. The zero-order valence-electron chi connectivity index (χ0n) is 57.6. The standard InChI is InChI=1S/C75H126O16P2/c1-4-7-10-13-16-19-22-25-28-30-32-33-34-35-37-39-41-43-46-49-52-55-58-61-73(78)85-64-70(76)65-87-92(81,82)88-66-71(77)67-89-93(83,84)90-69-72(91-75(80)63-60-57-54-51-48-45-40-27-24-21-18-15-12-9-6-3)68-86-74(79)62-59-56-53-50-47-44-42-38-36-31-29-26-23-20-17-14-11-8-5-2/h7-8,10-11,16-17,19-20,25-29,32-33,35-38,40-41,43,70-72,76-77H,4-6,9,12-15,18,21-24,30-31,34,39,42,44-69H2,1-3H3,(H,81,82)(H,83,84)/b10-7-,11-8-,19-16-,20-17-,28-25-,29-26-,33-32-,37-35-,38-36-,40-27-,43-41-. The van der Waals surface area contributed by atoms with Gasteiger partial charge in [-0.25, -0.2) is 9.13 Å². The van der Waals surface area contributed by atoms with Crippen molar-refractivity contribution >= 4 is 33.6 Å². The summed E-state index contributed by atoms with van der Waals surface area (Å²) in [7, 11) is -9.80. The van der Waals surface area contributed by atoms with Crippen LogP contribution in [-0.2, 0) is 55.8 Å². The first-order valence-corrected chi connectivity index (χ1v) is 38.5. The van der Waals surface area contributed by atoms with Crippen LogP contribution in [0, 0.1) is 0 Å². The molecule has 532 valence electrons. The number of allylic oxidation sites excluding steroid dienone is 22. The number of carbonyl (C=O) groups excluding carboxylic acids is 3. The Kier molecular flexibility index (Phi) is 64.5. The molecular formula is C75H126O16P2. The third kappa shape index (κ3) is 68.9. The van der Waals surface area contributed by atoms with E-state index in [0.717, 1.165) is 167 Å². The molecule has 5 unspecified atom stereocenters. The molecule has 5 atom stereocenters. The highest BCUT2D eigenvalue weighted by atomic mass is 31.2. The molecule has 0 aliphatic carbocycles. The van der Waals surface area contributed by atoms with Crippen molar-refractivity contribution in [2.75, 3.05) is 39.6 Å². The number of ether oxygens (including phenoxy) is 3. The van der Waals surface area contributed by atoms with Gasteiger partial charge in [-0.05, 0) is 135 Å². The number of phosphoric ester groups is 2. The van der Waals surface area contributed by atoms with Crippen LogP contribution in [-0.4, -0.2) is 95.9 Å². The summed E-state index contributed by atoms with van der Waals surface area (Å²) < 4.78 is 60.9. The minimum atomic E-state index is -4.94. The predicted octanol–water partition coefficient (Wildman–Crippen LogP) is 20.0. The van der Waals surface area contributed by atoms with Gasteiger partial charge in [-0.1, -0.05) is 244 Å². The number of unbranched alkanes of at least 4 members (excludes halogenated alkanes) is 21. The van der Waals surface area contributed by atoms with Gasteiger partial charge < -0.3 is 34.2 Å². The quantitative estimate of drug-likeness (QED) is 0.0146. The van der Waals surface area contributed by atoms with Gasteiger partial charge in [0.15, 0.2) is 6.10 Å². The minimum Gasteiger partial charge on any atom is -0.463 e. The Morgan fingerprint density at radius 1 is 0.312 bits per heavy atom. The Balaban J connectivity index is 4.69. The Labute approximate surface area is 563 Å². The molecule has 0 spiro atoms. The molecule has 0 aromatic carbocycles. The molecule has 0 aliphatic rings. The molecule has 0 radical (unpaired) electrons. The van der Waals surface area contributed by atoms with Crippen LogP contribution in [0.1, 0.15) is 265 Å². The van der Waals surface area contributed by atoms with Crippen molar-refractivity contribution in [3.05, 3.63) is 134 Å². The molecule has 0 saturated heterocycles. The monoisotopic (exact) mass is 1340 g/mol. The number of aliphatic hydroxyl groups excluding tert-OH is 2. The second-order valence-electron chi connectivity index (χ2n) is 23.3. The van der Waals surface area contributed by atoms with Crippen LogP contribution in [0.15, 0.2) is 134 Å². The topological polar surface area (TPSA) is 231 Å². The van der Waals surface area contributed by atoms with Gasteiger partial charge >= 0.3 is 33.6 Å². The highest BCUT2D eigenvalue weighted by Gasteiger charge is 2.29. The van der Waals surface area contributed by atoms with Gasteiger partial charge in [0, 0.05) is 19.3 Å². The van der Waals surface area contributed by atoms with E-state index in [-0.39, 0.29) is 19.3 Å². The summed E-state index contributed by atoms with van der Waals surface area (Å²) in [6, 6.07) is 0. The van der Waals surface area contributed by atoms with E-state index in [1.54, 1.807) is 0 Å². The van der Waals surface area contributed by atoms with E-state index in [1.165, 1.54) is 38.5 Å². The van der Waals surface area contributed by atoms with Gasteiger partial charge in [0.25, 0.3) is 0 Å². The van der Waals surface area contributed by atoms with E-state index in [1.807, 2.05) is 0 Å². The number of hydrogen-bond acceptors (Lipinski definition) is 14. The summed E-state index contributed by atoms with van der Waals surface area (Å²) in [5.41, 5.74) is 0. The van der Waals surface area contributed by atoms with Gasteiger partial charge in [0.1, 0.15) is 25.4 Å². The molecule has 0 bridgehead atoms. The zero-order chi connectivity index (χ0) is 68.1. The molecule has 0 amide bonds. The van der Waals surface area contributed by atoms with Gasteiger partial charge in [-0.3, -0.25) is 32.5 Å². The summed E-state index contributed by atoms with van der Waals surface area (Å²) >= 11 is 0. The largest absolute Gasteiger partial charge is 0.472 e. The molecule has 0 rings (SSSR count). The minimum absolute atomic E-state index is 0.0878. The summed E-state index contributed by atoms with van der Waals surface area (Å²) in [4.78, 5) is 58.5. The first kappa shape index (κ1) is 88.7. The number of aliphatic hydroxyl groups is 2.